The van der Waals surface area contributed by atoms with Crippen molar-refractivity contribution in [3.05, 3.63) is 58.1 Å². The molecule has 2 aromatic rings. The first-order valence-electron chi connectivity index (χ1n) is 6.90. The topological polar surface area (TPSA) is 38.5 Å². The molecule has 0 amide bonds. The lowest BCUT2D eigenvalue weighted by Gasteiger charge is -2.21. The SMILES string of the molecule is COc1cccc(CN(C)c2ccc(C(C)N)c(Br)c2)c1. The zero-order valence-electron chi connectivity index (χ0n) is 12.6. The second-order valence-electron chi connectivity index (χ2n) is 5.20. The van der Waals surface area contributed by atoms with E-state index in [-0.39, 0.29) is 6.04 Å². The van der Waals surface area contributed by atoms with Gasteiger partial charge in [-0.1, -0.05) is 34.1 Å². The van der Waals surface area contributed by atoms with E-state index in [9.17, 15) is 0 Å². The molecule has 112 valence electrons. The summed E-state index contributed by atoms with van der Waals surface area (Å²) in [5.74, 6) is 0.884. The highest BCUT2D eigenvalue weighted by molar-refractivity contribution is 9.10. The summed E-state index contributed by atoms with van der Waals surface area (Å²) in [6.07, 6.45) is 0. The van der Waals surface area contributed by atoms with Crippen molar-refractivity contribution < 1.29 is 4.74 Å². The van der Waals surface area contributed by atoms with Crippen LogP contribution in [0.2, 0.25) is 0 Å². The van der Waals surface area contributed by atoms with Crippen LogP contribution in [0.1, 0.15) is 24.1 Å². The minimum Gasteiger partial charge on any atom is -0.497 e. The fourth-order valence-corrected chi connectivity index (χ4v) is 2.99. The van der Waals surface area contributed by atoms with Crippen LogP contribution in [0.15, 0.2) is 46.9 Å². The van der Waals surface area contributed by atoms with Crippen LogP contribution in [0.25, 0.3) is 0 Å². The summed E-state index contributed by atoms with van der Waals surface area (Å²) in [7, 11) is 3.76. The number of halogens is 1. The molecule has 0 spiro atoms. The van der Waals surface area contributed by atoms with Gasteiger partial charge in [-0.05, 0) is 42.3 Å². The summed E-state index contributed by atoms with van der Waals surface area (Å²) in [6, 6.07) is 14.4. The molecule has 1 unspecified atom stereocenters. The summed E-state index contributed by atoms with van der Waals surface area (Å²) in [5.41, 5.74) is 9.42. The minimum absolute atomic E-state index is 0.0251. The molecule has 2 N–H and O–H groups in total. The van der Waals surface area contributed by atoms with Gasteiger partial charge in [-0.2, -0.15) is 0 Å². The van der Waals surface area contributed by atoms with Crippen LogP contribution in [-0.4, -0.2) is 14.2 Å². The summed E-state index contributed by atoms with van der Waals surface area (Å²) in [6.45, 7) is 2.81. The third-order valence-corrected chi connectivity index (χ3v) is 4.16. The Balaban J connectivity index is 2.16. The highest BCUT2D eigenvalue weighted by Gasteiger charge is 2.09. The summed E-state index contributed by atoms with van der Waals surface area (Å²) in [4.78, 5) is 2.20. The van der Waals surface area contributed by atoms with Crippen LogP contribution in [0.5, 0.6) is 5.75 Å². The molecule has 0 radical (unpaired) electrons. The van der Waals surface area contributed by atoms with Gasteiger partial charge in [0.15, 0.2) is 0 Å². The van der Waals surface area contributed by atoms with Crippen molar-refractivity contribution in [3.63, 3.8) is 0 Å². The molecule has 3 nitrogen and oxygen atoms in total. The molecule has 21 heavy (non-hydrogen) atoms. The molecule has 0 heterocycles. The molecule has 0 aliphatic heterocycles. The Hall–Kier alpha value is -1.52. The Bertz CT molecular complexity index is 613. The highest BCUT2D eigenvalue weighted by atomic mass is 79.9. The maximum atomic E-state index is 5.94. The molecular formula is C17H21BrN2O. The number of rotatable bonds is 5. The summed E-state index contributed by atoms with van der Waals surface area (Å²) in [5, 5.41) is 0. The summed E-state index contributed by atoms with van der Waals surface area (Å²) >= 11 is 3.60. The van der Waals surface area contributed by atoms with Crippen molar-refractivity contribution in [1.82, 2.24) is 0 Å². The van der Waals surface area contributed by atoms with E-state index in [1.165, 1.54) is 5.56 Å². The van der Waals surface area contributed by atoms with Gasteiger partial charge in [0.2, 0.25) is 0 Å². The molecule has 4 heteroatoms. The predicted octanol–water partition coefficient (Wildman–Crippen LogP) is 4.11. The molecule has 0 bridgehead atoms. The van der Waals surface area contributed by atoms with Crippen molar-refractivity contribution in [2.45, 2.75) is 19.5 Å². The van der Waals surface area contributed by atoms with E-state index < -0.39 is 0 Å². The van der Waals surface area contributed by atoms with E-state index in [4.69, 9.17) is 10.5 Å². The zero-order valence-corrected chi connectivity index (χ0v) is 14.2. The molecule has 1 atom stereocenters. The molecule has 2 aromatic carbocycles. The fraction of sp³-hybridized carbons (Fsp3) is 0.294. The monoisotopic (exact) mass is 348 g/mol. The smallest absolute Gasteiger partial charge is 0.119 e. The molecular weight excluding hydrogens is 328 g/mol. The third kappa shape index (κ3) is 3.99. The largest absolute Gasteiger partial charge is 0.497 e. The Morgan fingerprint density at radius 1 is 1.24 bits per heavy atom. The quantitative estimate of drug-likeness (QED) is 0.883. The van der Waals surface area contributed by atoms with E-state index in [1.54, 1.807) is 7.11 Å². The molecule has 0 fully saturated rings. The first-order chi connectivity index (χ1) is 10.0. The van der Waals surface area contributed by atoms with Crippen LogP contribution in [-0.2, 0) is 6.54 Å². The van der Waals surface area contributed by atoms with Crippen molar-refractivity contribution in [2.75, 3.05) is 19.1 Å². The number of hydrogen-bond donors (Lipinski definition) is 1. The molecule has 0 saturated heterocycles. The molecule has 0 aliphatic carbocycles. The number of nitrogens with two attached hydrogens (primary N) is 1. The van der Waals surface area contributed by atoms with Gasteiger partial charge in [0.05, 0.1) is 7.11 Å². The van der Waals surface area contributed by atoms with Crippen LogP contribution in [0, 0.1) is 0 Å². The Kier molecular flexibility index (Phi) is 5.26. The average Bonchev–Trinajstić information content (AvgIpc) is 2.46. The van der Waals surface area contributed by atoms with E-state index in [0.717, 1.165) is 28.0 Å². The van der Waals surface area contributed by atoms with E-state index in [0.29, 0.717) is 0 Å². The first-order valence-corrected chi connectivity index (χ1v) is 7.69. The maximum Gasteiger partial charge on any atom is 0.119 e. The molecule has 0 aliphatic rings. The van der Waals surface area contributed by atoms with Gasteiger partial charge in [-0.25, -0.2) is 0 Å². The Labute approximate surface area is 134 Å². The maximum absolute atomic E-state index is 5.94. The van der Waals surface area contributed by atoms with Gasteiger partial charge < -0.3 is 15.4 Å². The van der Waals surface area contributed by atoms with Gasteiger partial charge in [-0.15, -0.1) is 0 Å². The Morgan fingerprint density at radius 3 is 2.62 bits per heavy atom. The number of ether oxygens (including phenoxy) is 1. The predicted molar refractivity (Wildman–Crippen MR) is 91.8 cm³/mol. The van der Waals surface area contributed by atoms with Gasteiger partial charge in [-0.3, -0.25) is 0 Å². The van der Waals surface area contributed by atoms with Gasteiger partial charge in [0, 0.05) is 29.8 Å². The number of methoxy groups -OCH3 is 1. The van der Waals surface area contributed by atoms with Crippen LogP contribution in [0.4, 0.5) is 5.69 Å². The Morgan fingerprint density at radius 2 is 2.00 bits per heavy atom. The van der Waals surface area contributed by atoms with E-state index >= 15 is 0 Å². The third-order valence-electron chi connectivity index (χ3n) is 3.47. The van der Waals surface area contributed by atoms with Gasteiger partial charge >= 0.3 is 0 Å². The number of nitrogens with zero attached hydrogens (tertiary/aromatic N) is 1. The normalized spacial score (nSPS) is 12.0. The van der Waals surface area contributed by atoms with Gasteiger partial charge in [0.25, 0.3) is 0 Å². The zero-order chi connectivity index (χ0) is 15.4. The van der Waals surface area contributed by atoms with Crippen molar-refractivity contribution in [2.24, 2.45) is 5.73 Å². The van der Waals surface area contributed by atoms with Crippen molar-refractivity contribution >= 4 is 21.6 Å². The molecule has 0 saturated carbocycles. The average molecular weight is 349 g/mol. The second kappa shape index (κ2) is 6.96. The van der Waals surface area contributed by atoms with Gasteiger partial charge in [0.1, 0.15) is 5.75 Å². The lowest BCUT2D eigenvalue weighted by molar-refractivity contribution is 0.414. The van der Waals surface area contributed by atoms with E-state index in [1.807, 2.05) is 19.1 Å². The first kappa shape index (κ1) is 15.9. The number of anilines is 1. The fourth-order valence-electron chi connectivity index (χ4n) is 2.26. The minimum atomic E-state index is 0.0251. The van der Waals surface area contributed by atoms with Crippen molar-refractivity contribution in [1.29, 1.82) is 0 Å². The number of benzene rings is 2. The number of hydrogen-bond acceptors (Lipinski definition) is 3. The lowest BCUT2D eigenvalue weighted by atomic mass is 10.1. The lowest BCUT2D eigenvalue weighted by Crippen LogP contribution is -2.16. The van der Waals surface area contributed by atoms with Crippen LogP contribution >= 0.6 is 15.9 Å². The second-order valence-corrected chi connectivity index (χ2v) is 6.06. The van der Waals surface area contributed by atoms with Crippen molar-refractivity contribution in [3.8, 4) is 5.75 Å². The standard InChI is InChI=1S/C17H21BrN2O/c1-12(19)16-8-7-14(10-17(16)18)20(2)11-13-5-4-6-15(9-13)21-3/h4-10,12H,11,19H2,1-3H3. The van der Waals surface area contributed by atoms with Crippen LogP contribution in [0.3, 0.4) is 0 Å². The van der Waals surface area contributed by atoms with Crippen LogP contribution < -0.4 is 15.4 Å². The van der Waals surface area contributed by atoms with E-state index in [2.05, 4.69) is 58.2 Å². The molecule has 2 rings (SSSR count). The summed E-state index contributed by atoms with van der Waals surface area (Å²) < 4.78 is 6.31. The highest BCUT2D eigenvalue weighted by Crippen LogP contribution is 2.28. The molecule has 0 aromatic heterocycles.